The molecule has 0 aliphatic carbocycles. The molecule has 2 N–H and O–H groups in total. The number of rotatable bonds is 8. The Morgan fingerprint density at radius 2 is 1.73 bits per heavy atom. The van der Waals surface area contributed by atoms with Gasteiger partial charge in [-0.25, -0.2) is 0 Å². The highest BCUT2D eigenvalue weighted by Gasteiger charge is 2.21. The van der Waals surface area contributed by atoms with Gasteiger partial charge >= 0.3 is 0 Å². The summed E-state index contributed by atoms with van der Waals surface area (Å²) in [5.74, 6) is 0.473. The Hall–Kier alpha value is -2.96. The maximum absolute atomic E-state index is 12.6. The van der Waals surface area contributed by atoms with Crippen LogP contribution in [0.1, 0.15) is 52.6 Å². The molecule has 1 heterocycles. The van der Waals surface area contributed by atoms with E-state index in [-0.39, 0.29) is 29.0 Å². The van der Waals surface area contributed by atoms with Crippen LogP contribution in [0.25, 0.3) is 0 Å². The second kappa shape index (κ2) is 8.94. The average molecular weight is 360 g/mol. The van der Waals surface area contributed by atoms with Crippen LogP contribution in [0.15, 0.2) is 35.1 Å². The fourth-order valence-corrected chi connectivity index (χ4v) is 2.46. The van der Waals surface area contributed by atoms with Gasteiger partial charge in [-0.15, -0.1) is 0 Å². The molecule has 0 aliphatic rings. The van der Waals surface area contributed by atoms with E-state index in [1.807, 2.05) is 19.9 Å². The van der Waals surface area contributed by atoms with Crippen LogP contribution in [0.3, 0.4) is 0 Å². The van der Waals surface area contributed by atoms with Crippen molar-refractivity contribution in [1.82, 2.24) is 10.6 Å². The summed E-state index contributed by atoms with van der Waals surface area (Å²) in [5, 5.41) is 5.60. The molecule has 1 aromatic carbocycles. The number of benzene rings is 1. The highest BCUT2D eigenvalue weighted by atomic mass is 16.5. The average Bonchev–Trinajstić information content (AvgIpc) is 3.15. The van der Waals surface area contributed by atoms with Gasteiger partial charge in [0, 0.05) is 6.54 Å². The third-order valence-electron chi connectivity index (χ3n) is 3.94. The second-order valence-electron chi connectivity index (χ2n) is 5.76. The van der Waals surface area contributed by atoms with Gasteiger partial charge in [-0.05, 0) is 31.0 Å². The summed E-state index contributed by atoms with van der Waals surface area (Å²) in [6, 6.07) is 5.12. The number of furan rings is 1. The first-order valence-corrected chi connectivity index (χ1v) is 8.39. The lowest BCUT2D eigenvalue weighted by atomic mass is 10.1. The Bertz CT molecular complexity index is 769. The molecule has 1 atom stereocenters. The van der Waals surface area contributed by atoms with E-state index >= 15 is 0 Å². The molecule has 2 amide bonds. The number of carbonyl (C=O) groups is 2. The topological polar surface area (TPSA) is 89.8 Å². The van der Waals surface area contributed by atoms with Crippen LogP contribution in [-0.4, -0.2) is 32.6 Å². The first-order valence-electron chi connectivity index (χ1n) is 8.39. The van der Waals surface area contributed by atoms with E-state index in [0.717, 1.165) is 12.0 Å². The van der Waals surface area contributed by atoms with Crippen molar-refractivity contribution in [3.8, 4) is 11.5 Å². The molecule has 0 radical (unpaired) electrons. The number of nitrogens with one attached hydrogen (secondary N) is 2. The highest BCUT2D eigenvalue weighted by Crippen LogP contribution is 2.30. The van der Waals surface area contributed by atoms with E-state index in [1.54, 1.807) is 26.4 Å². The summed E-state index contributed by atoms with van der Waals surface area (Å²) >= 11 is 0. The fourth-order valence-electron chi connectivity index (χ4n) is 2.46. The van der Waals surface area contributed by atoms with Crippen molar-refractivity contribution in [2.75, 3.05) is 20.8 Å². The first-order chi connectivity index (χ1) is 12.5. The van der Waals surface area contributed by atoms with Gasteiger partial charge in [0.25, 0.3) is 11.8 Å². The van der Waals surface area contributed by atoms with Crippen molar-refractivity contribution in [3.63, 3.8) is 0 Å². The quantitative estimate of drug-likeness (QED) is 0.755. The Labute approximate surface area is 152 Å². The lowest BCUT2D eigenvalue weighted by Crippen LogP contribution is -2.30. The van der Waals surface area contributed by atoms with Gasteiger partial charge in [0.15, 0.2) is 11.5 Å². The zero-order chi connectivity index (χ0) is 19.1. The van der Waals surface area contributed by atoms with Gasteiger partial charge < -0.3 is 24.5 Å². The zero-order valence-electron chi connectivity index (χ0n) is 15.4. The van der Waals surface area contributed by atoms with Gasteiger partial charge in [0.05, 0.1) is 31.4 Å². The number of methoxy groups -OCH3 is 2. The number of ether oxygens (including phenoxy) is 2. The molecule has 0 spiro atoms. The van der Waals surface area contributed by atoms with Crippen molar-refractivity contribution in [1.29, 1.82) is 0 Å². The predicted molar refractivity (Wildman–Crippen MR) is 96.8 cm³/mol. The summed E-state index contributed by atoms with van der Waals surface area (Å²) in [4.78, 5) is 24.7. The van der Waals surface area contributed by atoms with E-state index < -0.39 is 0 Å². The third-order valence-corrected chi connectivity index (χ3v) is 3.94. The maximum Gasteiger partial charge on any atom is 0.255 e. The monoisotopic (exact) mass is 360 g/mol. The van der Waals surface area contributed by atoms with Crippen LogP contribution in [-0.2, 0) is 0 Å². The third kappa shape index (κ3) is 4.36. The number of hydrogen-bond donors (Lipinski definition) is 2. The van der Waals surface area contributed by atoms with Crippen LogP contribution in [0, 0.1) is 0 Å². The summed E-state index contributed by atoms with van der Waals surface area (Å²) in [5.41, 5.74) is 1.26. The normalized spacial score (nSPS) is 11.5. The van der Waals surface area contributed by atoms with Crippen LogP contribution >= 0.6 is 0 Å². The molecule has 1 unspecified atom stereocenters. The van der Waals surface area contributed by atoms with E-state index in [4.69, 9.17) is 13.9 Å². The number of hydrogen-bond acceptors (Lipinski definition) is 5. The molecule has 7 nitrogen and oxygen atoms in total. The lowest BCUT2D eigenvalue weighted by Gasteiger charge is -2.16. The molecular formula is C19H24N2O5. The van der Waals surface area contributed by atoms with Crippen LogP contribution in [0.5, 0.6) is 11.5 Å². The minimum Gasteiger partial charge on any atom is -0.493 e. The highest BCUT2D eigenvalue weighted by molar-refractivity contribution is 6.07. The first kappa shape index (κ1) is 19.4. The molecule has 0 saturated heterocycles. The molecule has 2 rings (SSSR count). The second-order valence-corrected chi connectivity index (χ2v) is 5.76. The number of carbonyl (C=O) groups excluding carboxylic acids is 2. The van der Waals surface area contributed by atoms with E-state index in [2.05, 4.69) is 10.6 Å². The molecule has 0 aliphatic heterocycles. The van der Waals surface area contributed by atoms with Crippen molar-refractivity contribution in [3.05, 3.63) is 47.4 Å². The van der Waals surface area contributed by atoms with Crippen molar-refractivity contribution in [2.45, 2.75) is 26.3 Å². The molecule has 2 aromatic rings. The van der Waals surface area contributed by atoms with Gasteiger partial charge in [-0.1, -0.05) is 13.0 Å². The summed E-state index contributed by atoms with van der Waals surface area (Å²) in [6.45, 7) is 4.33. The molecule has 0 fully saturated rings. The minimum absolute atomic E-state index is 0.200. The van der Waals surface area contributed by atoms with Gasteiger partial charge in [0.1, 0.15) is 12.5 Å². The SMILES string of the molecule is CCCNC(=O)c1cocc1C(=O)NC(C)c1ccc(OC)c(OC)c1. The number of amides is 2. The van der Waals surface area contributed by atoms with E-state index in [9.17, 15) is 9.59 Å². The molecular weight excluding hydrogens is 336 g/mol. The smallest absolute Gasteiger partial charge is 0.255 e. The lowest BCUT2D eigenvalue weighted by molar-refractivity contribution is 0.0912. The molecule has 0 saturated carbocycles. The van der Waals surface area contributed by atoms with Gasteiger partial charge in [-0.3, -0.25) is 9.59 Å². The molecule has 26 heavy (non-hydrogen) atoms. The molecule has 0 bridgehead atoms. The van der Waals surface area contributed by atoms with Crippen molar-refractivity contribution < 1.29 is 23.5 Å². The zero-order valence-corrected chi connectivity index (χ0v) is 15.4. The van der Waals surface area contributed by atoms with Gasteiger partial charge in [0.2, 0.25) is 0 Å². The molecule has 140 valence electrons. The van der Waals surface area contributed by atoms with E-state index in [1.165, 1.54) is 12.5 Å². The molecule has 1 aromatic heterocycles. The molecule has 7 heteroatoms. The standard InChI is InChI=1S/C19H24N2O5/c1-5-8-20-18(22)14-10-26-11-15(14)19(23)21-12(2)13-6-7-16(24-3)17(9-13)25-4/h6-7,9-12H,5,8H2,1-4H3,(H,20,22)(H,21,23). The van der Waals surface area contributed by atoms with Crippen molar-refractivity contribution in [2.24, 2.45) is 0 Å². The van der Waals surface area contributed by atoms with Crippen LogP contribution < -0.4 is 20.1 Å². The predicted octanol–water partition coefficient (Wildman–Crippen LogP) is 2.93. The fraction of sp³-hybridized carbons (Fsp3) is 0.368. The summed E-state index contributed by atoms with van der Waals surface area (Å²) in [7, 11) is 3.12. The Kier molecular flexibility index (Phi) is 6.66. The summed E-state index contributed by atoms with van der Waals surface area (Å²) < 4.78 is 15.6. The largest absolute Gasteiger partial charge is 0.493 e. The van der Waals surface area contributed by atoms with E-state index in [0.29, 0.717) is 18.0 Å². The Morgan fingerprint density at radius 3 is 2.35 bits per heavy atom. The van der Waals surface area contributed by atoms with Crippen LogP contribution in [0.4, 0.5) is 0 Å². The van der Waals surface area contributed by atoms with Gasteiger partial charge in [-0.2, -0.15) is 0 Å². The van der Waals surface area contributed by atoms with Crippen molar-refractivity contribution >= 4 is 11.8 Å². The minimum atomic E-state index is -0.386. The Balaban J connectivity index is 2.13. The van der Waals surface area contributed by atoms with Crippen LogP contribution in [0.2, 0.25) is 0 Å². The Morgan fingerprint density at radius 1 is 1.08 bits per heavy atom. The maximum atomic E-state index is 12.6. The summed E-state index contributed by atoms with van der Waals surface area (Å²) in [6.07, 6.45) is 3.36.